The summed E-state index contributed by atoms with van der Waals surface area (Å²) in [6.45, 7) is 12.5. The van der Waals surface area contributed by atoms with Gasteiger partial charge in [-0.2, -0.15) is 0 Å². The Bertz CT molecular complexity index is 643. The summed E-state index contributed by atoms with van der Waals surface area (Å²) in [5, 5.41) is 2.99. The Morgan fingerprint density at radius 2 is 1.61 bits per heavy atom. The average molecular weight is 389 g/mol. The predicted octanol–water partition coefficient (Wildman–Crippen LogP) is 1.74. The second-order valence-corrected chi connectivity index (χ2v) is 8.80. The Hall–Kier alpha value is -1.92. The molecule has 2 rings (SSSR count). The van der Waals surface area contributed by atoms with Crippen LogP contribution in [0.2, 0.25) is 0 Å². The molecule has 1 aliphatic rings. The number of carbonyl (C=O) groups excluding carboxylic acids is 2. The van der Waals surface area contributed by atoms with Gasteiger partial charge in [0.2, 0.25) is 11.8 Å². The zero-order valence-electron chi connectivity index (χ0n) is 18.1. The second kappa shape index (κ2) is 10.0. The van der Waals surface area contributed by atoms with Crippen molar-refractivity contribution in [1.29, 1.82) is 0 Å². The van der Waals surface area contributed by atoms with E-state index >= 15 is 0 Å². The van der Waals surface area contributed by atoms with E-state index in [0.717, 1.165) is 26.1 Å². The normalized spacial score (nSPS) is 15.7. The van der Waals surface area contributed by atoms with Gasteiger partial charge in [0.15, 0.2) is 0 Å². The highest BCUT2D eigenvalue weighted by Crippen LogP contribution is 2.09. The molecule has 28 heavy (non-hydrogen) atoms. The Labute approximate surface area is 169 Å². The molecule has 1 N–H and O–H groups in total. The van der Waals surface area contributed by atoms with Crippen LogP contribution in [0.3, 0.4) is 0 Å². The summed E-state index contributed by atoms with van der Waals surface area (Å²) >= 11 is 0. The Kier molecular flexibility index (Phi) is 8.01. The lowest BCUT2D eigenvalue weighted by Crippen LogP contribution is -2.54. The van der Waals surface area contributed by atoms with E-state index in [4.69, 9.17) is 0 Å². The molecule has 0 bridgehead atoms. The molecule has 0 spiro atoms. The number of hydrogen-bond acceptors (Lipinski definition) is 4. The van der Waals surface area contributed by atoms with Gasteiger partial charge >= 0.3 is 0 Å². The maximum Gasteiger partial charge on any atom is 0.236 e. The lowest BCUT2D eigenvalue weighted by Gasteiger charge is -2.35. The van der Waals surface area contributed by atoms with Crippen LogP contribution in [-0.2, 0) is 22.6 Å². The first kappa shape index (κ1) is 22.4. The van der Waals surface area contributed by atoms with Gasteiger partial charge in [-0.25, -0.2) is 0 Å². The standard InChI is InChI=1S/C22H36N4O2/c1-6-18-7-9-19(10-8-18)15-24(5)17-21(28)26-13-11-25(12-14-26)16-20(27)23-22(2,3)4/h7-10H,6,11-17H2,1-5H3,(H,23,27). The van der Waals surface area contributed by atoms with Crippen LogP contribution in [0, 0.1) is 0 Å². The minimum absolute atomic E-state index is 0.0427. The van der Waals surface area contributed by atoms with Crippen molar-refractivity contribution in [3.05, 3.63) is 35.4 Å². The molecule has 1 aromatic rings. The van der Waals surface area contributed by atoms with Crippen molar-refractivity contribution in [2.75, 3.05) is 46.3 Å². The molecule has 0 unspecified atom stereocenters. The lowest BCUT2D eigenvalue weighted by molar-refractivity contribution is -0.134. The monoisotopic (exact) mass is 388 g/mol. The van der Waals surface area contributed by atoms with Crippen molar-refractivity contribution in [2.24, 2.45) is 0 Å². The van der Waals surface area contributed by atoms with E-state index in [1.54, 1.807) is 0 Å². The molecule has 0 radical (unpaired) electrons. The van der Waals surface area contributed by atoms with Crippen LogP contribution >= 0.6 is 0 Å². The maximum absolute atomic E-state index is 12.6. The highest BCUT2D eigenvalue weighted by Gasteiger charge is 2.24. The van der Waals surface area contributed by atoms with E-state index in [2.05, 4.69) is 46.3 Å². The number of rotatable bonds is 7. The second-order valence-electron chi connectivity index (χ2n) is 8.80. The van der Waals surface area contributed by atoms with Crippen LogP contribution in [0.1, 0.15) is 38.8 Å². The SMILES string of the molecule is CCc1ccc(CN(C)CC(=O)N2CCN(CC(=O)NC(C)(C)C)CC2)cc1. The van der Waals surface area contributed by atoms with Crippen LogP contribution in [0.5, 0.6) is 0 Å². The first-order chi connectivity index (χ1) is 13.2. The molecule has 0 atom stereocenters. The minimum atomic E-state index is -0.212. The summed E-state index contributed by atoms with van der Waals surface area (Å²) < 4.78 is 0. The van der Waals surface area contributed by atoms with Crippen LogP contribution in [0.15, 0.2) is 24.3 Å². The van der Waals surface area contributed by atoms with Crippen LogP contribution in [-0.4, -0.2) is 78.4 Å². The summed E-state index contributed by atoms with van der Waals surface area (Å²) in [6.07, 6.45) is 1.04. The van der Waals surface area contributed by atoms with Gasteiger partial charge in [-0.05, 0) is 45.4 Å². The molecule has 1 heterocycles. The minimum Gasteiger partial charge on any atom is -0.350 e. The fourth-order valence-electron chi connectivity index (χ4n) is 3.40. The van der Waals surface area contributed by atoms with E-state index in [1.807, 2.05) is 32.7 Å². The van der Waals surface area contributed by atoms with Gasteiger partial charge in [0.1, 0.15) is 0 Å². The number of benzene rings is 1. The van der Waals surface area contributed by atoms with Crippen molar-refractivity contribution in [2.45, 2.75) is 46.2 Å². The largest absolute Gasteiger partial charge is 0.350 e. The number of aryl methyl sites for hydroxylation is 1. The topological polar surface area (TPSA) is 55.9 Å². The maximum atomic E-state index is 12.6. The number of nitrogens with zero attached hydrogens (tertiary/aromatic N) is 3. The van der Waals surface area contributed by atoms with Gasteiger partial charge in [0.25, 0.3) is 0 Å². The van der Waals surface area contributed by atoms with Gasteiger partial charge in [-0.3, -0.25) is 19.4 Å². The summed E-state index contributed by atoms with van der Waals surface area (Å²) in [4.78, 5) is 30.8. The number of piperazine rings is 1. The third kappa shape index (κ3) is 7.60. The van der Waals surface area contributed by atoms with Crippen LogP contribution < -0.4 is 5.32 Å². The molecular formula is C22H36N4O2. The average Bonchev–Trinajstić information content (AvgIpc) is 2.61. The number of hydrogen-bond donors (Lipinski definition) is 1. The zero-order valence-corrected chi connectivity index (χ0v) is 18.1. The van der Waals surface area contributed by atoms with Crippen molar-refractivity contribution >= 4 is 11.8 Å². The van der Waals surface area contributed by atoms with Gasteiger partial charge < -0.3 is 10.2 Å². The third-order valence-corrected chi connectivity index (χ3v) is 4.90. The van der Waals surface area contributed by atoms with Gasteiger partial charge in [0.05, 0.1) is 13.1 Å². The molecule has 1 aromatic carbocycles. The molecule has 1 fully saturated rings. The third-order valence-electron chi connectivity index (χ3n) is 4.90. The molecule has 156 valence electrons. The van der Waals surface area contributed by atoms with Crippen molar-refractivity contribution in [1.82, 2.24) is 20.0 Å². The quantitative estimate of drug-likeness (QED) is 0.773. The highest BCUT2D eigenvalue weighted by atomic mass is 16.2. The highest BCUT2D eigenvalue weighted by molar-refractivity contribution is 5.79. The number of likely N-dealkylation sites (N-methyl/N-ethyl adjacent to an activating group) is 1. The van der Waals surface area contributed by atoms with Gasteiger partial charge in [-0.15, -0.1) is 0 Å². The van der Waals surface area contributed by atoms with E-state index in [0.29, 0.717) is 26.2 Å². The summed E-state index contributed by atoms with van der Waals surface area (Å²) in [5.41, 5.74) is 2.34. The number of nitrogens with one attached hydrogen (secondary N) is 1. The summed E-state index contributed by atoms with van der Waals surface area (Å²) in [7, 11) is 1.98. The molecular weight excluding hydrogens is 352 g/mol. The van der Waals surface area contributed by atoms with Crippen LogP contribution in [0.25, 0.3) is 0 Å². The Morgan fingerprint density at radius 1 is 1.04 bits per heavy atom. The summed E-state index contributed by atoms with van der Waals surface area (Å²) in [5.74, 6) is 0.201. The Morgan fingerprint density at radius 3 is 2.14 bits per heavy atom. The first-order valence-corrected chi connectivity index (χ1v) is 10.2. The lowest BCUT2D eigenvalue weighted by atomic mass is 10.1. The van der Waals surface area contributed by atoms with Gasteiger partial charge in [0, 0.05) is 38.3 Å². The van der Waals surface area contributed by atoms with Crippen LogP contribution in [0.4, 0.5) is 0 Å². The fourth-order valence-corrected chi connectivity index (χ4v) is 3.40. The smallest absolute Gasteiger partial charge is 0.236 e. The first-order valence-electron chi connectivity index (χ1n) is 10.2. The van der Waals surface area contributed by atoms with Crippen molar-refractivity contribution < 1.29 is 9.59 Å². The molecule has 6 heteroatoms. The molecule has 2 amide bonds. The summed E-state index contributed by atoms with van der Waals surface area (Å²) in [6, 6.07) is 8.59. The van der Waals surface area contributed by atoms with E-state index in [-0.39, 0.29) is 17.4 Å². The van der Waals surface area contributed by atoms with E-state index in [9.17, 15) is 9.59 Å². The predicted molar refractivity (Wildman–Crippen MR) is 113 cm³/mol. The Balaban J connectivity index is 1.72. The molecule has 0 saturated carbocycles. The fraction of sp³-hybridized carbons (Fsp3) is 0.636. The molecule has 1 saturated heterocycles. The van der Waals surface area contributed by atoms with Gasteiger partial charge in [-0.1, -0.05) is 31.2 Å². The van der Waals surface area contributed by atoms with Crippen molar-refractivity contribution in [3.63, 3.8) is 0 Å². The molecule has 1 aliphatic heterocycles. The zero-order chi connectivity index (χ0) is 20.7. The molecule has 0 aromatic heterocycles. The molecule has 0 aliphatic carbocycles. The molecule has 6 nitrogen and oxygen atoms in total. The van der Waals surface area contributed by atoms with E-state index < -0.39 is 0 Å². The van der Waals surface area contributed by atoms with E-state index in [1.165, 1.54) is 11.1 Å². The number of carbonyl (C=O) groups is 2. The number of amides is 2. The van der Waals surface area contributed by atoms with Crippen molar-refractivity contribution in [3.8, 4) is 0 Å².